The summed E-state index contributed by atoms with van der Waals surface area (Å²) in [5.74, 6) is -0.403. The number of nitrogen functional groups attached to an aromatic ring is 1. The van der Waals surface area contributed by atoms with Crippen LogP contribution in [0, 0.1) is 0 Å². The Morgan fingerprint density at radius 1 is 1.30 bits per heavy atom. The van der Waals surface area contributed by atoms with Crippen LogP contribution < -0.4 is 10.5 Å². The van der Waals surface area contributed by atoms with Crippen LogP contribution in [0.15, 0.2) is 18.2 Å². The number of benzene rings is 1. The molecule has 0 aromatic heterocycles. The van der Waals surface area contributed by atoms with Crippen molar-refractivity contribution in [3.05, 3.63) is 23.8 Å². The number of hydrogen-bond donors (Lipinski definition) is 1. The lowest BCUT2D eigenvalue weighted by molar-refractivity contribution is -0.137. The number of amides is 1. The van der Waals surface area contributed by atoms with Gasteiger partial charge in [0.25, 0.3) is 5.91 Å². The van der Waals surface area contributed by atoms with Crippen molar-refractivity contribution in [3.8, 4) is 5.75 Å². The van der Waals surface area contributed by atoms with Crippen molar-refractivity contribution in [3.63, 3.8) is 0 Å². The molecular formula is C14H20N2O4. The van der Waals surface area contributed by atoms with Crippen LogP contribution in [0.4, 0.5) is 5.69 Å². The van der Waals surface area contributed by atoms with Crippen molar-refractivity contribution in [1.29, 1.82) is 0 Å². The molecule has 1 aromatic rings. The fourth-order valence-corrected chi connectivity index (χ4v) is 1.63. The molecule has 1 atom stereocenters. The Labute approximate surface area is 118 Å². The predicted octanol–water partition coefficient (Wildman–Crippen LogP) is 1.30. The van der Waals surface area contributed by atoms with Gasteiger partial charge in [-0.05, 0) is 26.0 Å². The van der Waals surface area contributed by atoms with Crippen molar-refractivity contribution in [1.82, 2.24) is 4.90 Å². The minimum atomic E-state index is -0.852. The van der Waals surface area contributed by atoms with E-state index in [2.05, 4.69) is 0 Å². The zero-order valence-electron chi connectivity index (χ0n) is 12.2. The van der Waals surface area contributed by atoms with Crippen molar-refractivity contribution < 1.29 is 19.1 Å². The van der Waals surface area contributed by atoms with E-state index in [1.54, 1.807) is 20.2 Å². The van der Waals surface area contributed by atoms with E-state index in [9.17, 15) is 9.59 Å². The largest absolute Gasteiger partial charge is 0.494 e. The Morgan fingerprint density at radius 2 is 1.95 bits per heavy atom. The maximum absolute atomic E-state index is 12.0. The lowest BCUT2D eigenvalue weighted by Gasteiger charge is -2.17. The highest BCUT2D eigenvalue weighted by Gasteiger charge is 2.20. The highest BCUT2D eigenvalue weighted by atomic mass is 16.5. The second kappa shape index (κ2) is 6.79. The fraction of sp³-hybridized carbons (Fsp3) is 0.429. The van der Waals surface area contributed by atoms with Crippen LogP contribution in [0.25, 0.3) is 0 Å². The first kappa shape index (κ1) is 15.8. The molecule has 2 N–H and O–H groups in total. The van der Waals surface area contributed by atoms with Gasteiger partial charge in [-0.2, -0.15) is 0 Å². The maximum atomic E-state index is 12.0. The fourth-order valence-electron chi connectivity index (χ4n) is 1.63. The predicted molar refractivity (Wildman–Crippen MR) is 75.6 cm³/mol. The van der Waals surface area contributed by atoms with E-state index < -0.39 is 12.1 Å². The normalized spacial score (nSPS) is 11.6. The Kier molecular flexibility index (Phi) is 5.37. The van der Waals surface area contributed by atoms with E-state index in [1.807, 2.05) is 6.92 Å². The quantitative estimate of drug-likeness (QED) is 0.649. The van der Waals surface area contributed by atoms with Gasteiger partial charge in [-0.3, -0.25) is 4.79 Å². The number of anilines is 1. The monoisotopic (exact) mass is 280 g/mol. The molecule has 20 heavy (non-hydrogen) atoms. The minimum Gasteiger partial charge on any atom is -0.494 e. The molecular weight excluding hydrogens is 260 g/mol. The summed E-state index contributed by atoms with van der Waals surface area (Å²) < 4.78 is 10.4. The van der Waals surface area contributed by atoms with E-state index in [-0.39, 0.29) is 11.5 Å². The molecule has 0 aliphatic carbocycles. The third-order valence-corrected chi connectivity index (χ3v) is 2.55. The van der Waals surface area contributed by atoms with Gasteiger partial charge in [0.05, 0.1) is 12.2 Å². The molecule has 0 heterocycles. The second-order valence-electron chi connectivity index (χ2n) is 4.50. The molecule has 0 aliphatic heterocycles. The molecule has 1 aromatic carbocycles. The van der Waals surface area contributed by atoms with Crippen molar-refractivity contribution >= 4 is 17.6 Å². The Morgan fingerprint density at radius 3 is 2.50 bits per heavy atom. The second-order valence-corrected chi connectivity index (χ2v) is 4.50. The van der Waals surface area contributed by atoms with Crippen molar-refractivity contribution in [2.24, 2.45) is 0 Å². The Bertz CT molecular complexity index is 500. The lowest BCUT2D eigenvalue weighted by Crippen LogP contribution is -2.34. The number of esters is 1. The van der Waals surface area contributed by atoms with Crippen LogP contribution >= 0.6 is 0 Å². The van der Waals surface area contributed by atoms with E-state index >= 15 is 0 Å². The van der Waals surface area contributed by atoms with Crippen LogP contribution in [0.2, 0.25) is 0 Å². The molecule has 1 amide bonds. The van der Waals surface area contributed by atoms with E-state index in [1.165, 1.54) is 24.0 Å². The van der Waals surface area contributed by atoms with Gasteiger partial charge in [-0.1, -0.05) is 0 Å². The Balaban J connectivity index is 2.84. The van der Waals surface area contributed by atoms with Gasteiger partial charge in [0, 0.05) is 25.8 Å². The number of ether oxygens (including phenoxy) is 2. The summed E-state index contributed by atoms with van der Waals surface area (Å²) in [6, 6.07) is 4.64. The van der Waals surface area contributed by atoms with Gasteiger partial charge in [0.1, 0.15) is 5.75 Å². The average Bonchev–Trinajstić information content (AvgIpc) is 2.37. The van der Waals surface area contributed by atoms with Crippen LogP contribution in [0.5, 0.6) is 5.75 Å². The van der Waals surface area contributed by atoms with Crippen LogP contribution in [0.1, 0.15) is 24.2 Å². The number of carbonyl (C=O) groups excluding carboxylic acids is 2. The molecule has 110 valence electrons. The number of rotatable bonds is 5. The van der Waals surface area contributed by atoms with E-state index in [0.717, 1.165) is 0 Å². The molecule has 0 spiro atoms. The molecule has 0 saturated carbocycles. The van der Waals surface area contributed by atoms with E-state index in [0.29, 0.717) is 18.0 Å². The van der Waals surface area contributed by atoms with Crippen molar-refractivity contribution in [2.45, 2.75) is 20.0 Å². The Hall–Kier alpha value is -2.24. The first-order valence-corrected chi connectivity index (χ1v) is 6.30. The summed E-state index contributed by atoms with van der Waals surface area (Å²) in [6.07, 6.45) is -0.852. The molecule has 0 radical (unpaired) electrons. The number of carbonyl (C=O) groups is 2. The minimum absolute atomic E-state index is 0.256. The average molecular weight is 280 g/mol. The van der Waals surface area contributed by atoms with Crippen molar-refractivity contribution in [2.75, 3.05) is 26.4 Å². The summed E-state index contributed by atoms with van der Waals surface area (Å²) in [6.45, 7) is 3.82. The highest BCUT2D eigenvalue weighted by Crippen LogP contribution is 2.20. The molecule has 0 fully saturated rings. The number of hydrogen-bond acceptors (Lipinski definition) is 5. The smallest absolute Gasteiger partial charge is 0.339 e. The molecule has 0 saturated heterocycles. The summed E-state index contributed by atoms with van der Waals surface area (Å²) in [7, 11) is 3.20. The molecule has 0 bridgehead atoms. The van der Waals surface area contributed by atoms with Gasteiger partial charge >= 0.3 is 5.97 Å². The number of nitrogens with two attached hydrogens (primary N) is 1. The van der Waals surface area contributed by atoms with E-state index in [4.69, 9.17) is 15.2 Å². The van der Waals surface area contributed by atoms with Crippen LogP contribution in [-0.4, -0.2) is 43.6 Å². The van der Waals surface area contributed by atoms with Gasteiger partial charge in [0.15, 0.2) is 6.10 Å². The highest BCUT2D eigenvalue weighted by molar-refractivity contribution is 5.93. The molecule has 6 heteroatoms. The summed E-state index contributed by atoms with van der Waals surface area (Å²) in [4.78, 5) is 25.0. The number of nitrogens with zero attached hydrogens (tertiary/aromatic N) is 1. The summed E-state index contributed by atoms with van der Waals surface area (Å²) in [5, 5.41) is 0. The maximum Gasteiger partial charge on any atom is 0.339 e. The molecule has 1 rings (SSSR count). The lowest BCUT2D eigenvalue weighted by atomic mass is 10.2. The molecule has 1 unspecified atom stereocenters. The third kappa shape index (κ3) is 4.15. The third-order valence-electron chi connectivity index (χ3n) is 2.55. The zero-order valence-corrected chi connectivity index (χ0v) is 12.2. The van der Waals surface area contributed by atoms with Gasteiger partial charge < -0.3 is 20.1 Å². The zero-order chi connectivity index (χ0) is 15.3. The number of likely N-dealkylation sites (N-methyl/N-ethyl adjacent to an activating group) is 1. The SMILES string of the molecule is CCOc1cc(N)cc(C(=O)OC(C)C(=O)N(C)C)c1. The standard InChI is InChI=1S/C14H20N2O4/c1-5-19-12-7-10(6-11(15)8-12)14(18)20-9(2)13(17)16(3)4/h6-9H,5,15H2,1-4H3. The first-order valence-electron chi connectivity index (χ1n) is 6.30. The van der Waals surface area contributed by atoms with Crippen LogP contribution in [0.3, 0.4) is 0 Å². The topological polar surface area (TPSA) is 81.9 Å². The molecule has 6 nitrogen and oxygen atoms in total. The van der Waals surface area contributed by atoms with Gasteiger partial charge in [0.2, 0.25) is 0 Å². The van der Waals surface area contributed by atoms with Gasteiger partial charge in [-0.25, -0.2) is 4.79 Å². The molecule has 0 aliphatic rings. The first-order chi connectivity index (χ1) is 9.35. The van der Waals surface area contributed by atoms with Gasteiger partial charge in [-0.15, -0.1) is 0 Å². The summed E-state index contributed by atoms with van der Waals surface area (Å²) in [5.41, 5.74) is 6.36. The van der Waals surface area contributed by atoms with Crippen LogP contribution in [-0.2, 0) is 9.53 Å². The summed E-state index contributed by atoms with van der Waals surface area (Å²) >= 11 is 0.